The number of aliphatic imine (C=N–C) groups is 1. The van der Waals surface area contributed by atoms with Gasteiger partial charge in [-0.15, -0.1) is 0 Å². The number of likely N-dealkylation sites (N-methyl/N-ethyl adjacent to an activating group) is 1. The smallest absolute Gasteiger partial charge is 0.224 e. The number of H-pyrrole nitrogens is 1. The number of aromatic nitrogens is 5. The lowest BCUT2D eigenvalue weighted by molar-refractivity contribution is -0.116. The van der Waals surface area contributed by atoms with Crippen LogP contribution < -0.4 is 15.5 Å². The molecular formula is C28H32N10O. The minimum absolute atomic E-state index is 0.0258. The van der Waals surface area contributed by atoms with E-state index in [1.807, 2.05) is 37.6 Å². The molecule has 200 valence electrons. The number of imidazole rings is 1. The maximum atomic E-state index is 12.1. The molecule has 2 aliphatic rings. The highest BCUT2D eigenvalue weighted by Crippen LogP contribution is 2.28. The fraction of sp³-hybridized carbons (Fsp3) is 0.357. The summed E-state index contributed by atoms with van der Waals surface area (Å²) in [4.78, 5) is 43.7. The Morgan fingerprint density at radius 3 is 2.74 bits per heavy atom. The zero-order valence-electron chi connectivity index (χ0n) is 22.2. The summed E-state index contributed by atoms with van der Waals surface area (Å²) in [7, 11) is 2.15. The monoisotopic (exact) mass is 524 g/mol. The number of anilines is 2. The number of nitrogens with one attached hydrogen (secondary N) is 3. The number of rotatable bonds is 6. The van der Waals surface area contributed by atoms with Crippen molar-refractivity contribution in [2.75, 3.05) is 50.1 Å². The van der Waals surface area contributed by atoms with Gasteiger partial charge < -0.3 is 20.1 Å². The van der Waals surface area contributed by atoms with Crippen LogP contribution >= 0.6 is 0 Å². The van der Waals surface area contributed by atoms with Gasteiger partial charge in [0.2, 0.25) is 5.91 Å². The summed E-state index contributed by atoms with van der Waals surface area (Å²) in [6, 6.07) is 3.93. The average molecular weight is 525 g/mol. The molecule has 0 spiro atoms. The number of nitrogens with zero attached hydrogens (tertiary/aromatic N) is 7. The zero-order valence-corrected chi connectivity index (χ0v) is 22.2. The van der Waals surface area contributed by atoms with E-state index in [2.05, 4.69) is 42.4 Å². The van der Waals surface area contributed by atoms with E-state index in [1.165, 1.54) is 0 Å². The van der Waals surface area contributed by atoms with Gasteiger partial charge in [-0.05, 0) is 31.2 Å². The first-order chi connectivity index (χ1) is 19.1. The summed E-state index contributed by atoms with van der Waals surface area (Å²) >= 11 is 0. The lowest BCUT2D eigenvalue weighted by atomic mass is 10.0. The number of carbonyl (C=O) groups is 1. The van der Waals surface area contributed by atoms with Crippen molar-refractivity contribution in [2.45, 2.75) is 26.3 Å². The molecule has 11 heteroatoms. The molecule has 0 bridgehead atoms. The van der Waals surface area contributed by atoms with Crippen LogP contribution in [0.5, 0.6) is 0 Å². The number of carbonyl (C=O) groups excluding carboxylic acids is 1. The van der Waals surface area contributed by atoms with Crippen LogP contribution in [0, 0.1) is 0 Å². The van der Waals surface area contributed by atoms with Crippen molar-refractivity contribution >= 4 is 34.0 Å². The highest BCUT2D eigenvalue weighted by molar-refractivity contribution is 6.13. The molecule has 0 aromatic carbocycles. The van der Waals surface area contributed by atoms with E-state index in [1.54, 1.807) is 12.4 Å². The standard InChI is InChI=1S/C28H32N10O/c1-3-4-25(39)34-20-9-18(11-29-14-20)22-10-21-19(13-32-22)12-31-17-33-26(21)28-35-23-15-30-16-24(27(23)36-28)38-7-5-37(2)6-8-38/h9-11,13-16,31H,3-8,12,17H2,1-2H3,(H,34,39)(H,35,36). The van der Waals surface area contributed by atoms with Crippen molar-refractivity contribution in [3.8, 4) is 11.3 Å². The first-order valence-electron chi connectivity index (χ1n) is 13.4. The highest BCUT2D eigenvalue weighted by Gasteiger charge is 2.23. The van der Waals surface area contributed by atoms with Crippen LogP contribution in [0.25, 0.3) is 22.3 Å². The van der Waals surface area contributed by atoms with Crippen LogP contribution in [0.15, 0.2) is 48.1 Å². The van der Waals surface area contributed by atoms with Crippen LogP contribution in [0.3, 0.4) is 0 Å². The van der Waals surface area contributed by atoms with Gasteiger partial charge in [0.1, 0.15) is 11.2 Å². The Morgan fingerprint density at radius 2 is 1.90 bits per heavy atom. The number of amides is 1. The van der Waals surface area contributed by atoms with Gasteiger partial charge in [0, 0.05) is 62.7 Å². The molecule has 4 aromatic rings. The van der Waals surface area contributed by atoms with Crippen molar-refractivity contribution < 1.29 is 4.79 Å². The van der Waals surface area contributed by atoms with Gasteiger partial charge in [-0.1, -0.05) is 6.92 Å². The molecule has 1 fully saturated rings. The highest BCUT2D eigenvalue weighted by atomic mass is 16.1. The summed E-state index contributed by atoms with van der Waals surface area (Å²) < 4.78 is 0. The Labute approximate surface area is 226 Å². The third-order valence-corrected chi connectivity index (χ3v) is 7.14. The first-order valence-corrected chi connectivity index (χ1v) is 13.4. The van der Waals surface area contributed by atoms with E-state index in [4.69, 9.17) is 15.0 Å². The number of pyridine rings is 3. The predicted octanol–water partition coefficient (Wildman–Crippen LogP) is 2.80. The van der Waals surface area contributed by atoms with E-state index in [0.717, 1.165) is 77.4 Å². The third-order valence-electron chi connectivity index (χ3n) is 7.14. The van der Waals surface area contributed by atoms with E-state index in [9.17, 15) is 4.79 Å². The molecule has 6 rings (SSSR count). The Hall–Kier alpha value is -4.22. The third kappa shape index (κ3) is 5.23. The van der Waals surface area contributed by atoms with Gasteiger partial charge in [-0.2, -0.15) is 0 Å². The van der Waals surface area contributed by atoms with Gasteiger partial charge in [-0.25, -0.2) is 4.98 Å². The Balaban J connectivity index is 1.36. The van der Waals surface area contributed by atoms with Gasteiger partial charge in [0.25, 0.3) is 0 Å². The Morgan fingerprint density at radius 1 is 1.05 bits per heavy atom. The summed E-state index contributed by atoms with van der Waals surface area (Å²) in [6.45, 7) is 6.99. The average Bonchev–Trinajstić information content (AvgIpc) is 3.27. The molecule has 11 nitrogen and oxygen atoms in total. The molecule has 0 radical (unpaired) electrons. The maximum absolute atomic E-state index is 12.1. The van der Waals surface area contributed by atoms with Gasteiger partial charge >= 0.3 is 0 Å². The quantitative estimate of drug-likeness (QED) is 0.351. The molecule has 0 unspecified atom stereocenters. The summed E-state index contributed by atoms with van der Waals surface area (Å²) in [6.07, 6.45) is 10.3. The normalized spacial score (nSPS) is 16.1. The SMILES string of the molecule is CCCC(=O)Nc1cncc(-c2cc3c(cn2)CNCN=C3c2nc3c(N4CCN(C)CC4)cncc3[nH]2)c1. The summed E-state index contributed by atoms with van der Waals surface area (Å²) in [5, 5.41) is 6.27. The molecule has 6 heterocycles. The largest absolute Gasteiger partial charge is 0.366 e. The maximum Gasteiger partial charge on any atom is 0.224 e. The van der Waals surface area contributed by atoms with Gasteiger partial charge in [-0.3, -0.25) is 30.1 Å². The predicted molar refractivity (Wildman–Crippen MR) is 152 cm³/mol. The van der Waals surface area contributed by atoms with Crippen molar-refractivity contribution in [3.63, 3.8) is 0 Å². The van der Waals surface area contributed by atoms with Crippen LogP contribution in [-0.2, 0) is 11.3 Å². The van der Waals surface area contributed by atoms with Gasteiger partial charge in [0.15, 0.2) is 5.82 Å². The summed E-state index contributed by atoms with van der Waals surface area (Å²) in [5.74, 6) is 0.677. The molecule has 0 aliphatic carbocycles. The Bertz CT molecular complexity index is 1540. The van der Waals surface area contributed by atoms with Crippen LogP contribution in [0.2, 0.25) is 0 Å². The Kier molecular flexibility index (Phi) is 6.99. The fourth-order valence-corrected chi connectivity index (χ4v) is 5.02. The lowest BCUT2D eigenvalue weighted by Crippen LogP contribution is -2.44. The van der Waals surface area contributed by atoms with E-state index >= 15 is 0 Å². The minimum atomic E-state index is -0.0258. The van der Waals surface area contributed by atoms with Crippen LogP contribution in [0.1, 0.15) is 36.7 Å². The molecule has 0 atom stereocenters. The van der Waals surface area contributed by atoms with Crippen molar-refractivity contribution in [3.05, 3.63) is 60.1 Å². The number of hydrogen-bond acceptors (Lipinski definition) is 9. The molecule has 4 aromatic heterocycles. The number of aromatic amines is 1. The van der Waals surface area contributed by atoms with Crippen LogP contribution in [-0.4, -0.2) is 81.3 Å². The zero-order chi connectivity index (χ0) is 26.8. The molecule has 3 N–H and O–H groups in total. The number of hydrogen-bond donors (Lipinski definition) is 3. The van der Waals surface area contributed by atoms with Crippen molar-refractivity contribution in [1.29, 1.82) is 0 Å². The molecule has 1 saturated heterocycles. The fourth-order valence-electron chi connectivity index (χ4n) is 5.02. The number of piperazine rings is 1. The second-order valence-electron chi connectivity index (χ2n) is 10.0. The van der Waals surface area contributed by atoms with Gasteiger partial charge in [0.05, 0.1) is 47.8 Å². The summed E-state index contributed by atoms with van der Waals surface area (Å²) in [5.41, 5.74) is 7.81. The van der Waals surface area contributed by atoms with E-state index in [-0.39, 0.29) is 5.91 Å². The molecular weight excluding hydrogens is 492 g/mol. The minimum Gasteiger partial charge on any atom is -0.366 e. The van der Waals surface area contributed by atoms with E-state index in [0.29, 0.717) is 31.1 Å². The lowest BCUT2D eigenvalue weighted by Gasteiger charge is -2.33. The molecule has 39 heavy (non-hydrogen) atoms. The van der Waals surface area contributed by atoms with E-state index < -0.39 is 0 Å². The molecule has 1 amide bonds. The second-order valence-corrected chi connectivity index (χ2v) is 10.0. The van der Waals surface area contributed by atoms with Crippen molar-refractivity contribution in [1.82, 2.24) is 35.1 Å². The number of fused-ring (bicyclic) bond motifs is 2. The molecule has 2 aliphatic heterocycles. The topological polar surface area (TPSA) is 127 Å². The first kappa shape index (κ1) is 25.1. The van der Waals surface area contributed by atoms with Crippen molar-refractivity contribution in [2.24, 2.45) is 4.99 Å². The molecule has 0 saturated carbocycles. The van der Waals surface area contributed by atoms with Crippen LogP contribution in [0.4, 0.5) is 11.4 Å². The second kappa shape index (κ2) is 10.9.